The molecule has 0 saturated heterocycles. The number of aromatic nitrogens is 3. The molecule has 0 spiro atoms. The number of benzene rings is 3. The van der Waals surface area contributed by atoms with Crippen molar-refractivity contribution in [3.05, 3.63) is 108 Å². The van der Waals surface area contributed by atoms with E-state index in [1.165, 1.54) is 6.08 Å². The zero-order valence-corrected chi connectivity index (χ0v) is 16.2. The van der Waals surface area contributed by atoms with Crippen molar-refractivity contribution in [2.45, 2.75) is 6.54 Å². The lowest BCUT2D eigenvalue weighted by Gasteiger charge is -2.11. The standard InChI is InChI=1S/C24H20N4O2/c29-24(16-15-20-18-28(27-26-20)17-19-9-3-1-4-10-19)25-22-13-7-8-14-23(22)30-21-11-5-2-6-12-21/h1-16,18H,17H2,(H,25,29)/b16-15+. The van der Waals surface area contributed by atoms with Crippen LogP contribution in [-0.4, -0.2) is 20.9 Å². The molecule has 0 aliphatic carbocycles. The number of hydrogen-bond acceptors (Lipinski definition) is 4. The first-order valence-corrected chi connectivity index (χ1v) is 9.51. The van der Waals surface area contributed by atoms with E-state index in [0.717, 1.165) is 5.56 Å². The smallest absolute Gasteiger partial charge is 0.248 e. The molecule has 1 heterocycles. The predicted molar refractivity (Wildman–Crippen MR) is 116 cm³/mol. The van der Waals surface area contributed by atoms with E-state index < -0.39 is 0 Å². The molecule has 0 fully saturated rings. The summed E-state index contributed by atoms with van der Waals surface area (Å²) >= 11 is 0. The Hall–Kier alpha value is -4.19. The Labute approximate surface area is 174 Å². The Kier molecular flexibility index (Phi) is 5.96. The largest absolute Gasteiger partial charge is 0.455 e. The lowest BCUT2D eigenvalue weighted by molar-refractivity contribution is -0.111. The van der Waals surface area contributed by atoms with E-state index in [2.05, 4.69) is 15.6 Å². The summed E-state index contributed by atoms with van der Waals surface area (Å²) in [6.07, 6.45) is 4.85. The first-order valence-electron chi connectivity index (χ1n) is 9.51. The van der Waals surface area contributed by atoms with E-state index in [1.807, 2.05) is 78.9 Å². The summed E-state index contributed by atoms with van der Waals surface area (Å²) in [6.45, 7) is 0.623. The molecule has 0 saturated carbocycles. The van der Waals surface area contributed by atoms with Crippen LogP contribution in [-0.2, 0) is 11.3 Å². The van der Waals surface area contributed by atoms with Gasteiger partial charge in [0.05, 0.1) is 18.4 Å². The van der Waals surface area contributed by atoms with Gasteiger partial charge in [-0.25, -0.2) is 4.68 Å². The third-order valence-electron chi connectivity index (χ3n) is 4.27. The average Bonchev–Trinajstić information content (AvgIpc) is 3.22. The number of carbonyl (C=O) groups is 1. The summed E-state index contributed by atoms with van der Waals surface area (Å²) in [4.78, 5) is 12.4. The number of ether oxygens (including phenoxy) is 1. The fourth-order valence-electron chi connectivity index (χ4n) is 2.85. The van der Waals surface area contributed by atoms with Gasteiger partial charge in [-0.1, -0.05) is 65.9 Å². The summed E-state index contributed by atoms with van der Waals surface area (Å²) in [5.41, 5.74) is 2.32. The summed E-state index contributed by atoms with van der Waals surface area (Å²) in [5.74, 6) is 0.987. The highest BCUT2D eigenvalue weighted by molar-refractivity contribution is 6.02. The maximum Gasteiger partial charge on any atom is 0.248 e. The van der Waals surface area contributed by atoms with Crippen molar-refractivity contribution in [2.24, 2.45) is 0 Å². The number of amides is 1. The van der Waals surface area contributed by atoms with Crippen LogP contribution in [0.2, 0.25) is 0 Å². The van der Waals surface area contributed by atoms with Gasteiger partial charge >= 0.3 is 0 Å². The second kappa shape index (κ2) is 9.34. The fraction of sp³-hybridized carbons (Fsp3) is 0.0417. The molecule has 1 N–H and O–H groups in total. The number of carbonyl (C=O) groups excluding carboxylic acids is 1. The zero-order valence-electron chi connectivity index (χ0n) is 16.2. The van der Waals surface area contributed by atoms with Crippen LogP contribution in [0.15, 0.2) is 97.2 Å². The maximum atomic E-state index is 12.4. The number of rotatable bonds is 7. The molecule has 0 unspecified atom stereocenters. The third kappa shape index (κ3) is 5.20. The number of hydrogen-bond donors (Lipinski definition) is 1. The SMILES string of the molecule is O=C(/C=C/c1cn(Cc2ccccc2)nn1)Nc1ccccc1Oc1ccccc1. The number of nitrogens with one attached hydrogen (secondary N) is 1. The van der Waals surface area contributed by atoms with Crippen LogP contribution in [0.4, 0.5) is 5.69 Å². The Balaban J connectivity index is 1.39. The van der Waals surface area contributed by atoms with Crippen molar-refractivity contribution in [1.29, 1.82) is 0 Å². The van der Waals surface area contributed by atoms with Crippen LogP contribution in [0.3, 0.4) is 0 Å². The Morgan fingerprint density at radius 1 is 0.933 bits per heavy atom. The molecule has 0 radical (unpaired) electrons. The second-order valence-electron chi connectivity index (χ2n) is 6.56. The Bertz CT molecular complexity index is 1140. The van der Waals surface area contributed by atoms with E-state index in [1.54, 1.807) is 23.0 Å². The van der Waals surface area contributed by atoms with Gasteiger partial charge in [-0.15, -0.1) is 5.10 Å². The number of para-hydroxylation sites is 3. The minimum Gasteiger partial charge on any atom is -0.455 e. The van der Waals surface area contributed by atoms with Crippen LogP contribution in [0.25, 0.3) is 6.08 Å². The normalized spacial score (nSPS) is 10.8. The molecule has 0 aliphatic heterocycles. The van der Waals surface area contributed by atoms with Crippen molar-refractivity contribution in [1.82, 2.24) is 15.0 Å². The molecule has 0 aliphatic rings. The predicted octanol–water partition coefficient (Wildman–Crippen LogP) is 4.77. The van der Waals surface area contributed by atoms with Crippen molar-refractivity contribution in [2.75, 3.05) is 5.32 Å². The van der Waals surface area contributed by atoms with Gasteiger partial charge in [-0.05, 0) is 35.9 Å². The van der Waals surface area contributed by atoms with E-state index >= 15 is 0 Å². The monoisotopic (exact) mass is 396 g/mol. The summed E-state index contributed by atoms with van der Waals surface area (Å²) in [5, 5.41) is 11.0. The van der Waals surface area contributed by atoms with E-state index in [9.17, 15) is 4.79 Å². The van der Waals surface area contributed by atoms with Gasteiger partial charge in [0.1, 0.15) is 11.4 Å². The van der Waals surface area contributed by atoms with Gasteiger partial charge in [-0.2, -0.15) is 0 Å². The van der Waals surface area contributed by atoms with Gasteiger partial charge in [0.25, 0.3) is 0 Å². The van der Waals surface area contributed by atoms with Gasteiger partial charge in [-0.3, -0.25) is 4.79 Å². The molecule has 1 amide bonds. The molecular formula is C24H20N4O2. The molecule has 6 nitrogen and oxygen atoms in total. The van der Waals surface area contributed by atoms with Crippen LogP contribution < -0.4 is 10.1 Å². The van der Waals surface area contributed by atoms with Gasteiger partial charge in [0.15, 0.2) is 5.75 Å². The number of anilines is 1. The first-order chi connectivity index (χ1) is 14.8. The molecule has 30 heavy (non-hydrogen) atoms. The minimum absolute atomic E-state index is 0.281. The quantitative estimate of drug-likeness (QED) is 0.457. The van der Waals surface area contributed by atoms with E-state index in [-0.39, 0.29) is 5.91 Å². The molecule has 148 valence electrons. The van der Waals surface area contributed by atoms with Crippen LogP contribution >= 0.6 is 0 Å². The summed E-state index contributed by atoms with van der Waals surface area (Å²) in [6, 6.07) is 26.7. The molecule has 3 aromatic carbocycles. The highest BCUT2D eigenvalue weighted by Gasteiger charge is 2.07. The van der Waals surface area contributed by atoms with Gasteiger partial charge < -0.3 is 10.1 Å². The topological polar surface area (TPSA) is 69.0 Å². The Morgan fingerprint density at radius 2 is 1.63 bits per heavy atom. The summed E-state index contributed by atoms with van der Waals surface area (Å²) < 4.78 is 7.60. The summed E-state index contributed by atoms with van der Waals surface area (Å²) in [7, 11) is 0. The van der Waals surface area contributed by atoms with Crippen LogP contribution in [0, 0.1) is 0 Å². The molecule has 1 aromatic heterocycles. The zero-order chi connectivity index (χ0) is 20.6. The van der Waals surface area contributed by atoms with Gasteiger partial charge in [0.2, 0.25) is 5.91 Å². The molecule has 6 heteroatoms. The lowest BCUT2D eigenvalue weighted by atomic mass is 10.2. The van der Waals surface area contributed by atoms with E-state index in [4.69, 9.17) is 4.74 Å². The minimum atomic E-state index is -0.281. The fourth-order valence-corrected chi connectivity index (χ4v) is 2.85. The van der Waals surface area contributed by atoms with E-state index in [0.29, 0.717) is 29.4 Å². The Morgan fingerprint density at radius 3 is 2.43 bits per heavy atom. The van der Waals surface area contributed by atoms with Crippen LogP contribution in [0.5, 0.6) is 11.5 Å². The van der Waals surface area contributed by atoms with Crippen LogP contribution in [0.1, 0.15) is 11.3 Å². The maximum absolute atomic E-state index is 12.4. The molecule has 0 bridgehead atoms. The van der Waals surface area contributed by atoms with Crippen molar-refractivity contribution in [3.63, 3.8) is 0 Å². The second-order valence-corrected chi connectivity index (χ2v) is 6.56. The van der Waals surface area contributed by atoms with Gasteiger partial charge in [0, 0.05) is 6.08 Å². The molecule has 0 atom stereocenters. The highest BCUT2D eigenvalue weighted by atomic mass is 16.5. The van der Waals surface area contributed by atoms with Crippen molar-refractivity contribution >= 4 is 17.7 Å². The first kappa shape index (κ1) is 19.1. The lowest BCUT2D eigenvalue weighted by Crippen LogP contribution is -2.08. The molecule has 4 rings (SSSR count). The number of nitrogens with zero attached hydrogens (tertiary/aromatic N) is 3. The average molecular weight is 396 g/mol. The molecule has 4 aromatic rings. The molecular weight excluding hydrogens is 376 g/mol. The third-order valence-corrected chi connectivity index (χ3v) is 4.27. The van der Waals surface area contributed by atoms with Crippen molar-refractivity contribution in [3.8, 4) is 11.5 Å². The van der Waals surface area contributed by atoms with Crippen molar-refractivity contribution < 1.29 is 9.53 Å². The highest BCUT2D eigenvalue weighted by Crippen LogP contribution is 2.29.